The van der Waals surface area contributed by atoms with Gasteiger partial charge in [0.2, 0.25) is 11.2 Å². The number of halogens is 1. The van der Waals surface area contributed by atoms with Gasteiger partial charge in [-0.15, -0.1) is 4.52 Å². The van der Waals surface area contributed by atoms with E-state index in [1.165, 1.54) is 0 Å². The van der Waals surface area contributed by atoms with Crippen molar-refractivity contribution in [3.63, 3.8) is 0 Å². The molecule has 0 spiro atoms. The van der Waals surface area contributed by atoms with Crippen molar-refractivity contribution in [3.8, 4) is 0 Å². The minimum atomic E-state index is -1.94. The van der Waals surface area contributed by atoms with Gasteiger partial charge in [-0.2, -0.15) is 0 Å². The van der Waals surface area contributed by atoms with Crippen molar-refractivity contribution in [3.05, 3.63) is 0 Å². The fourth-order valence-corrected chi connectivity index (χ4v) is 0.819. The first-order valence-corrected chi connectivity index (χ1v) is 5.06. The van der Waals surface area contributed by atoms with E-state index >= 15 is 0 Å². The van der Waals surface area contributed by atoms with Crippen LogP contribution in [0.15, 0.2) is 0 Å². The van der Waals surface area contributed by atoms with Crippen molar-refractivity contribution in [2.75, 3.05) is 34.3 Å². The zero-order valence-corrected chi connectivity index (χ0v) is 11.2. The molecule has 0 saturated carbocycles. The summed E-state index contributed by atoms with van der Waals surface area (Å²) in [6.07, 6.45) is 0. The zero-order valence-electron chi connectivity index (χ0n) is 8.50. The Morgan fingerprint density at radius 2 is 2.00 bits per heavy atom. The Hall–Kier alpha value is 1.31. The summed E-state index contributed by atoms with van der Waals surface area (Å²) >= 11 is 5.09. The topological polar surface area (TPSA) is 26.3 Å². The minimum absolute atomic E-state index is 0. The van der Waals surface area contributed by atoms with Crippen LogP contribution in [-0.4, -0.2) is 38.8 Å². The predicted molar refractivity (Wildman–Crippen MR) is 43.4 cm³/mol. The van der Waals surface area contributed by atoms with Gasteiger partial charge in [-0.25, -0.2) is 0 Å². The number of nitrogens with zero attached hydrogens (tertiary/aromatic N) is 1. The number of hydrogen-bond acceptors (Lipinski definition) is 2. The Morgan fingerprint density at radius 1 is 1.55 bits per heavy atom. The average molecular weight is 210 g/mol. The first-order valence-electron chi connectivity index (χ1n) is 2.98. The van der Waals surface area contributed by atoms with Gasteiger partial charge in [-0.1, -0.05) is 0 Å². The fourth-order valence-electron chi connectivity index (χ4n) is 0.386. The van der Waals surface area contributed by atoms with Crippen molar-refractivity contribution in [2.24, 2.45) is 0 Å². The van der Waals surface area contributed by atoms with E-state index in [0.29, 0.717) is 6.61 Å². The molecule has 0 bridgehead atoms. The van der Waals surface area contributed by atoms with Crippen LogP contribution in [0.25, 0.3) is 0 Å². The summed E-state index contributed by atoms with van der Waals surface area (Å²) in [5, 5.41) is 0. The number of likely N-dealkylation sites (N-methyl/N-ethyl adjacent to an activating group) is 1. The molecule has 0 radical (unpaired) electrons. The summed E-state index contributed by atoms with van der Waals surface area (Å²) in [5.41, 5.74) is 0. The van der Waals surface area contributed by atoms with Gasteiger partial charge in [0.05, 0.1) is 21.1 Å². The summed E-state index contributed by atoms with van der Waals surface area (Å²) in [4.78, 5) is 0. The van der Waals surface area contributed by atoms with Crippen molar-refractivity contribution < 1.29 is 44.6 Å². The van der Waals surface area contributed by atoms with Crippen LogP contribution in [0.4, 0.5) is 0 Å². The molecule has 0 aliphatic carbocycles. The first kappa shape index (κ1) is 14.8. The van der Waals surface area contributed by atoms with Crippen LogP contribution in [0.1, 0.15) is 1.43 Å². The van der Waals surface area contributed by atoms with Gasteiger partial charge in [0.15, 0.2) is 6.61 Å². The van der Waals surface area contributed by atoms with Crippen molar-refractivity contribution in [2.45, 2.75) is 0 Å². The minimum Gasteiger partial charge on any atom is -1.00 e. The van der Waals surface area contributed by atoms with E-state index < -0.39 is 7.38 Å². The molecular formula is C5H14ClNNaO2P+2. The summed E-state index contributed by atoms with van der Waals surface area (Å²) in [6.45, 7) is 1.26. The third-order valence-corrected chi connectivity index (χ3v) is 1.63. The van der Waals surface area contributed by atoms with E-state index in [1.54, 1.807) is 0 Å². The molecule has 62 valence electrons. The number of hydrogen-bond donors (Lipinski definition) is 0. The Balaban J connectivity index is -0.000000405. The smallest absolute Gasteiger partial charge is 1.00 e. The van der Waals surface area contributed by atoms with Crippen molar-refractivity contribution >= 4 is 18.6 Å². The normalized spacial score (nSPS) is 12.2. The first-order chi connectivity index (χ1) is 4.42. The molecule has 1 atom stereocenters. The van der Waals surface area contributed by atoms with Crippen molar-refractivity contribution in [1.82, 2.24) is 0 Å². The SMILES string of the molecule is C[N+](C)(C)CCO[P+](=O)Cl.[H-].[Na+]. The van der Waals surface area contributed by atoms with E-state index in [-0.39, 0.29) is 31.0 Å². The van der Waals surface area contributed by atoms with Gasteiger partial charge in [-0.05, 0) is 4.57 Å². The second-order valence-electron chi connectivity index (χ2n) is 3.06. The third kappa shape index (κ3) is 14.2. The zero-order chi connectivity index (χ0) is 8.20. The van der Waals surface area contributed by atoms with E-state index in [9.17, 15) is 4.57 Å². The predicted octanol–water partition coefficient (Wildman–Crippen LogP) is -1.28. The monoisotopic (exact) mass is 209 g/mol. The van der Waals surface area contributed by atoms with Crippen LogP contribution in [-0.2, 0) is 9.09 Å². The van der Waals surface area contributed by atoms with E-state index in [2.05, 4.69) is 4.52 Å². The molecule has 0 saturated heterocycles. The van der Waals surface area contributed by atoms with Crippen LogP contribution < -0.4 is 29.6 Å². The van der Waals surface area contributed by atoms with Gasteiger partial charge in [-0.3, -0.25) is 0 Å². The Kier molecular flexibility index (Phi) is 9.14. The van der Waals surface area contributed by atoms with Crippen LogP contribution in [0.2, 0.25) is 0 Å². The summed E-state index contributed by atoms with van der Waals surface area (Å²) in [6, 6.07) is 0. The van der Waals surface area contributed by atoms with Gasteiger partial charge < -0.3 is 5.91 Å². The second-order valence-corrected chi connectivity index (χ2v) is 4.57. The van der Waals surface area contributed by atoms with E-state index in [1.807, 2.05) is 21.1 Å². The number of rotatable bonds is 4. The number of quaternary nitrogens is 1. The maximum atomic E-state index is 10.2. The second kappa shape index (κ2) is 6.79. The maximum absolute atomic E-state index is 10.2. The van der Waals surface area contributed by atoms with Crippen LogP contribution in [0, 0.1) is 0 Å². The Bertz CT molecular complexity index is 133. The van der Waals surface area contributed by atoms with Gasteiger partial charge in [0.1, 0.15) is 6.54 Å². The molecule has 0 rings (SSSR count). The third-order valence-electron chi connectivity index (χ3n) is 0.955. The molecule has 0 amide bonds. The Labute approximate surface area is 97.1 Å². The fraction of sp³-hybridized carbons (Fsp3) is 1.00. The van der Waals surface area contributed by atoms with Crippen LogP contribution >= 0.6 is 18.6 Å². The van der Waals surface area contributed by atoms with Gasteiger partial charge in [0.25, 0.3) is 0 Å². The summed E-state index contributed by atoms with van der Waals surface area (Å²) in [5.74, 6) is 0. The molecule has 1 unspecified atom stereocenters. The van der Waals surface area contributed by atoms with Crippen LogP contribution in [0.5, 0.6) is 0 Å². The average Bonchev–Trinajstić information content (AvgIpc) is 1.59. The Morgan fingerprint density at radius 3 is 2.27 bits per heavy atom. The molecule has 0 aromatic carbocycles. The quantitative estimate of drug-likeness (QED) is 0.328. The molecule has 11 heavy (non-hydrogen) atoms. The summed E-state index contributed by atoms with van der Waals surface area (Å²) in [7, 11) is 4.16. The largest absolute Gasteiger partial charge is 1.00 e. The van der Waals surface area contributed by atoms with E-state index in [4.69, 9.17) is 11.2 Å². The molecule has 0 aromatic rings. The summed E-state index contributed by atoms with van der Waals surface area (Å²) < 4.78 is 15.7. The van der Waals surface area contributed by atoms with Crippen LogP contribution in [0.3, 0.4) is 0 Å². The van der Waals surface area contributed by atoms with Crippen molar-refractivity contribution in [1.29, 1.82) is 0 Å². The van der Waals surface area contributed by atoms with Gasteiger partial charge in [0, 0.05) is 0 Å². The van der Waals surface area contributed by atoms with Gasteiger partial charge >= 0.3 is 36.9 Å². The standard InChI is InChI=1S/C5H13ClNO2P.Na.H/c1-7(2,3)4-5-9-10(6)8;;/h4-5H2,1-3H3;;/q+2;+1;-1. The molecular weight excluding hydrogens is 195 g/mol. The molecule has 0 aliphatic rings. The molecule has 0 fully saturated rings. The molecule has 3 nitrogen and oxygen atoms in total. The maximum Gasteiger partial charge on any atom is 1.00 e. The molecule has 6 heteroatoms. The molecule has 0 heterocycles. The molecule has 0 aromatic heterocycles. The van der Waals surface area contributed by atoms with E-state index in [0.717, 1.165) is 11.0 Å². The molecule has 0 N–H and O–H groups in total. The molecule has 0 aliphatic heterocycles.